The van der Waals surface area contributed by atoms with Crippen LogP contribution in [0, 0.1) is 6.92 Å². The van der Waals surface area contributed by atoms with Crippen LogP contribution in [0.4, 0.5) is 5.95 Å². The van der Waals surface area contributed by atoms with Gasteiger partial charge in [-0.1, -0.05) is 0 Å². The molecule has 1 aliphatic rings. The monoisotopic (exact) mass is 258 g/mol. The topological polar surface area (TPSA) is 78.4 Å². The molecule has 0 radical (unpaired) electrons. The zero-order valence-corrected chi connectivity index (χ0v) is 10.3. The minimum atomic E-state index is -0.850. The Morgan fingerprint density at radius 2 is 2.41 bits per heavy atom. The number of aromatic nitrogens is 2. The highest BCUT2D eigenvalue weighted by atomic mass is 35.5. The lowest BCUT2D eigenvalue weighted by molar-refractivity contribution is -0.138. The number of carboxylic acid groups (broad SMARTS) is 1. The first-order chi connectivity index (χ1) is 7.68. The van der Waals surface area contributed by atoms with Crippen molar-refractivity contribution in [3.05, 3.63) is 18.0 Å². The van der Waals surface area contributed by atoms with Gasteiger partial charge >= 0.3 is 5.97 Å². The zero-order valence-electron chi connectivity index (χ0n) is 9.46. The van der Waals surface area contributed by atoms with Crippen LogP contribution in [0.1, 0.15) is 5.69 Å². The summed E-state index contributed by atoms with van der Waals surface area (Å²) >= 11 is 0. The van der Waals surface area contributed by atoms with E-state index in [1.54, 1.807) is 17.2 Å². The molecule has 1 fully saturated rings. The summed E-state index contributed by atoms with van der Waals surface area (Å²) in [6, 6.07) is 1.21. The van der Waals surface area contributed by atoms with Crippen molar-refractivity contribution in [3.8, 4) is 0 Å². The lowest BCUT2D eigenvalue weighted by Gasteiger charge is -2.33. The third kappa shape index (κ3) is 3.04. The van der Waals surface area contributed by atoms with Crippen LogP contribution in [0.3, 0.4) is 0 Å². The molecular formula is C10H15ClN4O2. The number of hydrogen-bond acceptors (Lipinski definition) is 5. The molecule has 0 saturated carbocycles. The molecule has 0 amide bonds. The fourth-order valence-corrected chi connectivity index (χ4v) is 1.74. The molecule has 1 saturated heterocycles. The lowest BCUT2D eigenvalue weighted by atomic mass is 10.2. The number of rotatable bonds is 2. The van der Waals surface area contributed by atoms with Gasteiger partial charge in [0.25, 0.3) is 0 Å². The Bertz CT molecular complexity index is 402. The lowest BCUT2D eigenvalue weighted by Crippen LogP contribution is -2.55. The second kappa shape index (κ2) is 5.79. The molecular weight excluding hydrogens is 244 g/mol. The maximum atomic E-state index is 11.1. The third-order valence-electron chi connectivity index (χ3n) is 2.57. The number of carboxylic acids is 1. The van der Waals surface area contributed by atoms with E-state index < -0.39 is 12.0 Å². The van der Waals surface area contributed by atoms with Crippen LogP contribution >= 0.6 is 12.4 Å². The van der Waals surface area contributed by atoms with Crippen LogP contribution < -0.4 is 10.2 Å². The SMILES string of the molecule is Cc1ccnc(N2CCNCC2C(=O)O)n1.Cl. The molecule has 0 bridgehead atoms. The molecule has 1 atom stereocenters. The number of piperazine rings is 1. The minimum absolute atomic E-state index is 0. The number of anilines is 1. The molecule has 1 unspecified atom stereocenters. The molecule has 2 heterocycles. The minimum Gasteiger partial charge on any atom is -0.480 e. The maximum Gasteiger partial charge on any atom is 0.327 e. The van der Waals surface area contributed by atoms with Gasteiger partial charge in [0.15, 0.2) is 0 Å². The number of aliphatic carboxylic acids is 1. The summed E-state index contributed by atoms with van der Waals surface area (Å²) in [6.07, 6.45) is 1.65. The molecule has 17 heavy (non-hydrogen) atoms. The first-order valence-corrected chi connectivity index (χ1v) is 5.18. The van der Waals surface area contributed by atoms with Crippen molar-refractivity contribution in [3.63, 3.8) is 0 Å². The van der Waals surface area contributed by atoms with Gasteiger partial charge in [-0.15, -0.1) is 12.4 Å². The molecule has 1 aromatic rings. The molecule has 1 aliphatic heterocycles. The Balaban J connectivity index is 0.00000144. The average Bonchev–Trinajstić information content (AvgIpc) is 2.29. The predicted octanol–water partition coefficient (Wildman–Crippen LogP) is 0.0696. The highest BCUT2D eigenvalue weighted by molar-refractivity contribution is 5.85. The van der Waals surface area contributed by atoms with Gasteiger partial charge in [0.05, 0.1) is 0 Å². The quantitative estimate of drug-likeness (QED) is 0.782. The predicted molar refractivity (Wildman–Crippen MR) is 65.7 cm³/mol. The molecule has 0 aliphatic carbocycles. The Hall–Kier alpha value is -1.40. The smallest absolute Gasteiger partial charge is 0.327 e. The van der Waals surface area contributed by atoms with Crippen molar-refractivity contribution in [1.82, 2.24) is 15.3 Å². The zero-order chi connectivity index (χ0) is 11.5. The van der Waals surface area contributed by atoms with Crippen molar-refractivity contribution in [2.75, 3.05) is 24.5 Å². The van der Waals surface area contributed by atoms with Crippen molar-refractivity contribution in [2.24, 2.45) is 0 Å². The fraction of sp³-hybridized carbons (Fsp3) is 0.500. The van der Waals surface area contributed by atoms with Crippen LogP contribution in [0.25, 0.3) is 0 Å². The summed E-state index contributed by atoms with van der Waals surface area (Å²) in [7, 11) is 0. The molecule has 2 N–H and O–H groups in total. The largest absolute Gasteiger partial charge is 0.480 e. The van der Waals surface area contributed by atoms with Gasteiger partial charge in [-0.2, -0.15) is 0 Å². The summed E-state index contributed by atoms with van der Waals surface area (Å²) in [4.78, 5) is 21.2. The summed E-state index contributed by atoms with van der Waals surface area (Å²) in [5.41, 5.74) is 0.840. The van der Waals surface area contributed by atoms with Gasteiger partial charge in [-0.25, -0.2) is 14.8 Å². The number of aryl methyl sites for hydroxylation is 1. The van der Waals surface area contributed by atoms with E-state index in [4.69, 9.17) is 5.11 Å². The summed E-state index contributed by atoms with van der Waals surface area (Å²) in [6.45, 7) is 3.65. The van der Waals surface area contributed by atoms with Crippen LogP contribution in [0.15, 0.2) is 12.3 Å². The fourth-order valence-electron chi connectivity index (χ4n) is 1.74. The van der Waals surface area contributed by atoms with Gasteiger partial charge in [0.2, 0.25) is 5.95 Å². The maximum absolute atomic E-state index is 11.1. The second-order valence-corrected chi connectivity index (χ2v) is 3.75. The molecule has 7 heteroatoms. The standard InChI is InChI=1S/C10H14N4O2.ClH/c1-7-2-3-12-10(13-7)14-5-4-11-6-8(14)9(15)16;/h2-3,8,11H,4-6H2,1H3,(H,15,16);1H. The molecule has 1 aromatic heterocycles. The molecule has 6 nitrogen and oxygen atoms in total. The highest BCUT2D eigenvalue weighted by Gasteiger charge is 2.29. The van der Waals surface area contributed by atoms with E-state index in [-0.39, 0.29) is 12.4 Å². The summed E-state index contributed by atoms with van der Waals surface area (Å²) in [5.74, 6) is -0.355. The van der Waals surface area contributed by atoms with E-state index in [1.165, 1.54) is 0 Å². The van der Waals surface area contributed by atoms with Crippen LogP contribution in [-0.2, 0) is 4.79 Å². The van der Waals surface area contributed by atoms with Crippen LogP contribution in [0.5, 0.6) is 0 Å². The number of hydrogen-bond donors (Lipinski definition) is 2. The normalized spacial score (nSPS) is 19.6. The van der Waals surface area contributed by atoms with E-state index in [1.807, 2.05) is 6.92 Å². The van der Waals surface area contributed by atoms with E-state index in [0.717, 1.165) is 12.2 Å². The van der Waals surface area contributed by atoms with Gasteiger partial charge < -0.3 is 15.3 Å². The van der Waals surface area contributed by atoms with E-state index in [9.17, 15) is 4.79 Å². The summed E-state index contributed by atoms with van der Waals surface area (Å²) in [5, 5.41) is 12.2. The molecule has 0 aromatic carbocycles. The van der Waals surface area contributed by atoms with E-state index in [0.29, 0.717) is 19.0 Å². The van der Waals surface area contributed by atoms with Gasteiger partial charge in [-0.3, -0.25) is 0 Å². The average molecular weight is 259 g/mol. The van der Waals surface area contributed by atoms with Crippen molar-refractivity contribution >= 4 is 24.3 Å². The Morgan fingerprint density at radius 3 is 3.06 bits per heavy atom. The summed E-state index contributed by atoms with van der Waals surface area (Å²) < 4.78 is 0. The van der Waals surface area contributed by atoms with E-state index in [2.05, 4.69) is 15.3 Å². The number of nitrogens with one attached hydrogen (secondary N) is 1. The van der Waals surface area contributed by atoms with Crippen molar-refractivity contribution in [2.45, 2.75) is 13.0 Å². The van der Waals surface area contributed by atoms with Crippen LogP contribution in [-0.4, -0.2) is 46.7 Å². The van der Waals surface area contributed by atoms with Crippen LogP contribution in [0.2, 0.25) is 0 Å². The van der Waals surface area contributed by atoms with Gasteiger partial charge in [0.1, 0.15) is 6.04 Å². The van der Waals surface area contributed by atoms with Gasteiger partial charge in [-0.05, 0) is 13.0 Å². The Labute approximate surface area is 105 Å². The Kier molecular flexibility index (Phi) is 4.65. The van der Waals surface area contributed by atoms with Gasteiger partial charge in [0, 0.05) is 31.5 Å². The number of nitrogens with zero attached hydrogens (tertiary/aromatic N) is 3. The first kappa shape index (κ1) is 13.7. The Morgan fingerprint density at radius 1 is 1.65 bits per heavy atom. The third-order valence-corrected chi connectivity index (χ3v) is 2.57. The number of carbonyl (C=O) groups is 1. The highest BCUT2D eigenvalue weighted by Crippen LogP contribution is 2.13. The molecule has 94 valence electrons. The molecule has 2 rings (SSSR count). The second-order valence-electron chi connectivity index (χ2n) is 3.75. The first-order valence-electron chi connectivity index (χ1n) is 5.18. The van der Waals surface area contributed by atoms with Crippen molar-refractivity contribution in [1.29, 1.82) is 0 Å². The molecule has 0 spiro atoms. The van der Waals surface area contributed by atoms with E-state index >= 15 is 0 Å². The number of halogens is 1. The van der Waals surface area contributed by atoms with Crippen molar-refractivity contribution < 1.29 is 9.90 Å².